The van der Waals surface area contributed by atoms with Crippen molar-refractivity contribution in [3.05, 3.63) is 59.3 Å². The lowest BCUT2D eigenvalue weighted by atomic mass is 9.60. The Morgan fingerprint density at radius 1 is 1.11 bits per heavy atom. The van der Waals surface area contributed by atoms with Gasteiger partial charge >= 0.3 is 0 Å². The topological polar surface area (TPSA) is 0 Å². The van der Waals surface area contributed by atoms with E-state index in [1.807, 2.05) is 0 Å². The van der Waals surface area contributed by atoms with E-state index < -0.39 is 0 Å². The first kappa shape index (κ1) is 10.6. The number of allylic oxidation sites excluding steroid dienone is 10. The van der Waals surface area contributed by atoms with Gasteiger partial charge in [0.25, 0.3) is 0 Å². The van der Waals surface area contributed by atoms with Crippen LogP contribution in [0.2, 0.25) is 0 Å². The zero-order valence-corrected chi connectivity index (χ0v) is 11.0. The van der Waals surface area contributed by atoms with Gasteiger partial charge < -0.3 is 0 Å². The van der Waals surface area contributed by atoms with Gasteiger partial charge in [-0.3, -0.25) is 0 Å². The maximum atomic E-state index is 2.41. The Labute approximate surface area is 109 Å². The van der Waals surface area contributed by atoms with E-state index in [2.05, 4.69) is 49.5 Å². The van der Waals surface area contributed by atoms with Gasteiger partial charge in [-0.15, -0.1) is 0 Å². The first-order chi connectivity index (χ1) is 8.78. The van der Waals surface area contributed by atoms with Crippen LogP contribution in [0.5, 0.6) is 0 Å². The molecular weight excluding hydrogens is 216 g/mol. The normalized spacial score (nSPS) is 40.4. The number of hydrogen-bond donors (Lipinski definition) is 0. The van der Waals surface area contributed by atoms with E-state index in [4.69, 9.17) is 0 Å². The SMILES string of the molecule is C[C@@]12C=CC=C1C1=CC=C3C=CCC[C@@H]3[C@H]1CC2. The van der Waals surface area contributed by atoms with E-state index in [9.17, 15) is 0 Å². The van der Waals surface area contributed by atoms with Crippen LogP contribution in [0.1, 0.15) is 32.6 Å². The second kappa shape index (κ2) is 3.60. The Morgan fingerprint density at radius 2 is 2.06 bits per heavy atom. The van der Waals surface area contributed by atoms with E-state index in [1.54, 1.807) is 16.7 Å². The van der Waals surface area contributed by atoms with Crippen LogP contribution in [-0.4, -0.2) is 0 Å². The zero-order chi connectivity index (χ0) is 12.2. The van der Waals surface area contributed by atoms with E-state index in [0.29, 0.717) is 5.41 Å². The average Bonchev–Trinajstić information content (AvgIpc) is 2.80. The molecule has 0 N–H and O–H groups in total. The average molecular weight is 236 g/mol. The van der Waals surface area contributed by atoms with Gasteiger partial charge in [0.15, 0.2) is 0 Å². The third kappa shape index (κ3) is 1.32. The van der Waals surface area contributed by atoms with Gasteiger partial charge in [0.05, 0.1) is 0 Å². The van der Waals surface area contributed by atoms with Crippen molar-refractivity contribution < 1.29 is 0 Å². The first-order valence-corrected chi connectivity index (χ1v) is 7.27. The Hall–Kier alpha value is -1.30. The predicted octanol–water partition coefficient (Wildman–Crippen LogP) is 4.73. The molecule has 0 aromatic heterocycles. The van der Waals surface area contributed by atoms with Crippen LogP contribution in [-0.2, 0) is 0 Å². The highest BCUT2D eigenvalue weighted by molar-refractivity contribution is 5.54. The lowest BCUT2D eigenvalue weighted by molar-refractivity contribution is 0.294. The standard InChI is InChI=1S/C18H20/c1-18-11-4-7-17(18)16-9-8-13-5-2-3-6-14(13)15(16)10-12-18/h2,4-5,7-9,11,14-15H,3,6,10,12H2,1H3/t14-,15+,18-/m0/s1. The summed E-state index contributed by atoms with van der Waals surface area (Å²) in [5, 5.41) is 0. The largest absolute Gasteiger partial charge is 0.0842 e. The second-order valence-electron chi connectivity index (χ2n) is 6.38. The summed E-state index contributed by atoms with van der Waals surface area (Å²) in [6.07, 6.45) is 21.8. The number of fused-ring (bicyclic) bond motifs is 5. The Bertz CT molecular complexity index is 538. The lowest BCUT2D eigenvalue weighted by Gasteiger charge is -2.44. The van der Waals surface area contributed by atoms with E-state index in [1.165, 1.54) is 25.7 Å². The highest BCUT2D eigenvalue weighted by Crippen LogP contribution is 2.54. The summed E-state index contributed by atoms with van der Waals surface area (Å²) in [6.45, 7) is 2.40. The van der Waals surface area contributed by atoms with Crippen LogP contribution >= 0.6 is 0 Å². The minimum atomic E-state index is 0.332. The summed E-state index contributed by atoms with van der Waals surface area (Å²) in [5.74, 6) is 1.58. The van der Waals surface area contributed by atoms with Crippen molar-refractivity contribution in [3.63, 3.8) is 0 Å². The molecule has 0 saturated heterocycles. The quantitative estimate of drug-likeness (QED) is 0.570. The molecule has 1 saturated carbocycles. The maximum absolute atomic E-state index is 2.41. The molecule has 0 heteroatoms. The molecular formula is C18H20. The molecule has 0 aliphatic heterocycles. The lowest BCUT2D eigenvalue weighted by Crippen LogP contribution is -2.32. The fourth-order valence-electron chi connectivity index (χ4n) is 4.31. The van der Waals surface area contributed by atoms with E-state index in [0.717, 1.165) is 11.8 Å². The highest BCUT2D eigenvalue weighted by atomic mass is 14.5. The van der Waals surface area contributed by atoms with Crippen molar-refractivity contribution in [2.75, 3.05) is 0 Å². The monoisotopic (exact) mass is 236 g/mol. The second-order valence-corrected chi connectivity index (χ2v) is 6.38. The molecule has 0 spiro atoms. The molecule has 4 aliphatic rings. The van der Waals surface area contributed by atoms with Crippen LogP contribution in [0.3, 0.4) is 0 Å². The van der Waals surface area contributed by atoms with Crippen molar-refractivity contribution in [1.29, 1.82) is 0 Å². The smallest absolute Gasteiger partial charge is 0.0110 e. The predicted molar refractivity (Wildman–Crippen MR) is 76.1 cm³/mol. The summed E-state index contributed by atoms with van der Waals surface area (Å²) in [6, 6.07) is 0. The molecule has 0 bridgehead atoms. The van der Waals surface area contributed by atoms with Gasteiger partial charge in [0.2, 0.25) is 0 Å². The summed E-state index contributed by atoms with van der Waals surface area (Å²) >= 11 is 0. The van der Waals surface area contributed by atoms with Gasteiger partial charge in [-0.1, -0.05) is 49.5 Å². The number of hydrogen-bond acceptors (Lipinski definition) is 0. The molecule has 3 atom stereocenters. The fraction of sp³-hybridized carbons (Fsp3) is 0.444. The molecule has 18 heavy (non-hydrogen) atoms. The van der Waals surface area contributed by atoms with Crippen molar-refractivity contribution in [2.45, 2.75) is 32.6 Å². The van der Waals surface area contributed by atoms with Crippen LogP contribution < -0.4 is 0 Å². The summed E-state index contributed by atoms with van der Waals surface area (Å²) < 4.78 is 0. The maximum Gasteiger partial charge on any atom is 0.0110 e. The van der Waals surface area contributed by atoms with Gasteiger partial charge in [0.1, 0.15) is 0 Å². The summed E-state index contributed by atoms with van der Waals surface area (Å²) in [7, 11) is 0. The molecule has 0 nitrogen and oxygen atoms in total. The highest BCUT2D eigenvalue weighted by Gasteiger charge is 2.42. The summed E-state index contributed by atoms with van der Waals surface area (Å²) in [4.78, 5) is 0. The third-order valence-corrected chi connectivity index (χ3v) is 5.35. The molecule has 0 unspecified atom stereocenters. The Morgan fingerprint density at radius 3 is 3.00 bits per heavy atom. The molecule has 4 rings (SSSR count). The molecule has 0 heterocycles. The molecule has 0 aromatic carbocycles. The van der Waals surface area contributed by atoms with Crippen LogP contribution in [0.25, 0.3) is 0 Å². The van der Waals surface area contributed by atoms with E-state index >= 15 is 0 Å². The summed E-state index contributed by atoms with van der Waals surface area (Å²) in [5.41, 5.74) is 5.14. The third-order valence-electron chi connectivity index (χ3n) is 5.35. The van der Waals surface area contributed by atoms with Crippen molar-refractivity contribution in [1.82, 2.24) is 0 Å². The molecule has 0 aromatic rings. The molecule has 0 amide bonds. The molecule has 1 fully saturated rings. The minimum absolute atomic E-state index is 0.332. The van der Waals surface area contributed by atoms with Gasteiger partial charge in [-0.2, -0.15) is 0 Å². The van der Waals surface area contributed by atoms with Gasteiger partial charge in [-0.25, -0.2) is 0 Å². The van der Waals surface area contributed by atoms with Gasteiger partial charge in [-0.05, 0) is 54.2 Å². The zero-order valence-electron chi connectivity index (χ0n) is 11.0. The first-order valence-electron chi connectivity index (χ1n) is 7.27. The van der Waals surface area contributed by atoms with Crippen molar-refractivity contribution in [3.8, 4) is 0 Å². The van der Waals surface area contributed by atoms with Crippen LogP contribution in [0.15, 0.2) is 59.3 Å². The van der Waals surface area contributed by atoms with Crippen LogP contribution in [0, 0.1) is 17.3 Å². The number of rotatable bonds is 0. The minimum Gasteiger partial charge on any atom is -0.0842 e. The van der Waals surface area contributed by atoms with Crippen molar-refractivity contribution in [2.24, 2.45) is 17.3 Å². The Balaban J connectivity index is 1.79. The molecule has 92 valence electrons. The van der Waals surface area contributed by atoms with Crippen LogP contribution in [0.4, 0.5) is 0 Å². The Kier molecular flexibility index (Phi) is 2.12. The molecule has 4 aliphatic carbocycles. The fourth-order valence-corrected chi connectivity index (χ4v) is 4.31. The van der Waals surface area contributed by atoms with Crippen molar-refractivity contribution >= 4 is 0 Å². The molecule has 0 radical (unpaired) electrons. The van der Waals surface area contributed by atoms with Gasteiger partial charge in [0, 0.05) is 5.41 Å². The van der Waals surface area contributed by atoms with E-state index in [-0.39, 0.29) is 0 Å².